The second-order valence-electron chi connectivity index (χ2n) is 5.01. The summed E-state index contributed by atoms with van der Waals surface area (Å²) in [6.45, 7) is 4.67. The first-order valence-corrected chi connectivity index (χ1v) is 7.35. The normalized spacial score (nSPS) is 12.4. The van der Waals surface area contributed by atoms with Gasteiger partial charge >= 0.3 is 0 Å². The van der Waals surface area contributed by atoms with E-state index < -0.39 is 11.6 Å². The van der Waals surface area contributed by atoms with Crippen molar-refractivity contribution in [3.8, 4) is 0 Å². The summed E-state index contributed by atoms with van der Waals surface area (Å²) in [5.41, 5.74) is 2.23. The van der Waals surface area contributed by atoms with E-state index in [9.17, 15) is 8.78 Å². The van der Waals surface area contributed by atoms with Crippen LogP contribution in [-0.2, 0) is 0 Å². The molecule has 0 aliphatic rings. The van der Waals surface area contributed by atoms with Crippen molar-refractivity contribution in [3.63, 3.8) is 0 Å². The van der Waals surface area contributed by atoms with Crippen LogP contribution in [0.3, 0.4) is 0 Å². The Morgan fingerprint density at radius 1 is 1.14 bits per heavy atom. The van der Waals surface area contributed by atoms with Crippen LogP contribution < -0.4 is 5.32 Å². The summed E-state index contributed by atoms with van der Waals surface area (Å²) in [7, 11) is 0. The lowest BCUT2D eigenvalue weighted by atomic mass is 9.94. The molecule has 2 rings (SSSR count). The van der Waals surface area contributed by atoms with Crippen molar-refractivity contribution < 1.29 is 8.78 Å². The molecule has 2 aromatic carbocycles. The fraction of sp³-hybridized carbons (Fsp3) is 0.294. The third-order valence-corrected chi connectivity index (χ3v) is 3.90. The Morgan fingerprint density at radius 3 is 2.57 bits per heavy atom. The smallest absolute Gasteiger partial charge is 0.131 e. The molecule has 0 aliphatic heterocycles. The second-order valence-corrected chi connectivity index (χ2v) is 5.41. The molecule has 1 nitrogen and oxygen atoms in total. The third-order valence-electron chi connectivity index (χ3n) is 3.49. The summed E-state index contributed by atoms with van der Waals surface area (Å²) in [5, 5.41) is 3.95. The third kappa shape index (κ3) is 3.60. The van der Waals surface area contributed by atoms with Crippen LogP contribution in [0.4, 0.5) is 8.78 Å². The van der Waals surface area contributed by atoms with Crippen LogP contribution in [0, 0.1) is 18.6 Å². The fourth-order valence-electron chi connectivity index (χ4n) is 2.35. The van der Waals surface area contributed by atoms with Gasteiger partial charge in [-0.15, -0.1) is 0 Å². The van der Waals surface area contributed by atoms with E-state index in [2.05, 4.69) is 5.32 Å². The molecule has 0 radical (unpaired) electrons. The van der Waals surface area contributed by atoms with Crippen molar-refractivity contribution >= 4 is 11.6 Å². The molecular formula is C17H18ClF2N. The molecule has 2 aromatic rings. The first kappa shape index (κ1) is 15.9. The molecule has 0 aliphatic carbocycles. The first-order chi connectivity index (χ1) is 10.0. The van der Waals surface area contributed by atoms with Crippen LogP contribution in [0.1, 0.15) is 36.1 Å². The summed E-state index contributed by atoms with van der Waals surface area (Å²) in [6.07, 6.45) is 0.916. The topological polar surface area (TPSA) is 12.0 Å². The van der Waals surface area contributed by atoms with E-state index in [-0.39, 0.29) is 6.04 Å². The van der Waals surface area contributed by atoms with E-state index in [1.807, 2.05) is 26.0 Å². The lowest BCUT2D eigenvalue weighted by Crippen LogP contribution is -2.25. The van der Waals surface area contributed by atoms with Crippen molar-refractivity contribution in [3.05, 3.63) is 69.7 Å². The van der Waals surface area contributed by atoms with Crippen molar-refractivity contribution in [1.29, 1.82) is 0 Å². The lowest BCUT2D eigenvalue weighted by Gasteiger charge is -2.22. The minimum Gasteiger partial charge on any atom is -0.306 e. The van der Waals surface area contributed by atoms with Crippen LogP contribution in [-0.4, -0.2) is 6.54 Å². The number of hydrogen-bond donors (Lipinski definition) is 1. The average Bonchev–Trinajstić information content (AvgIpc) is 2.45. The summed E-state index contributed by atoms with van der Waals surface area (Å²) >= 11 is 6.16. The summed E-state index contributed by atoms with van der Waals surface area (Å²) < 4.78 is 27.3. The van der Waals surface area contributed by atoms with Crippen LogP contribution in [0.25, 0.3) is 0 Å². The predicted octanol–water partition coefficient (Wildman–Crippen LogP) is 5.02. The lowest BCUT2D eigenvalue weighted by molar-refractivity contribution is 0.532. The van der Waals surface area contributed by atoms with Gasteiger partial charge in [-0.3, -0.25) is 0 Å². The number of nitrogens with one attached hydrogen (secondary N) is 1. The molecule has 1 atom stereocenters. The molecule has 21 heavy (non-hydrogen) atoms. The zero-order chi connectivity index (χ0) is 15.4. The quantitative estimate of drug-likeness (QED) is 0.818. The number of hydrogen-bond acceptors (Lipinski definition) is 1. The van der Waals surface area contributed by atoms with Gasteiger partial charge in [-0.05, 0) is 43.1 Å². The van der Waals surface area contributed by atoms with Gasteiger partial charge in [0.05, 0.1) is 6.04 Å². The second kappa shape index (κ2) is 7.01. The Kier molecular flexibility index (Phi) is 5.32. The Hall–Kier alpha value is -1.45. The van der Waals surface area contributed by atoms with Gasteiger partial charge in [-0.1, -0.05) is 36.7 Å². The van der Waals surface area contributed by atoms with E-state index in [0.29, 0.717) is 10.6 Å². The molecule has 0 spiro atoms. The minimum atomic E-state index is -0.576. The molecule has 0 amide bonds. The average molecular weight is 310 g/mol. The molecule has 0 aromatic heterocycles. The molecule has 0 fully saturated rings. The minimum absolute atomic E-state index is 0.343. The molecule has 1 unspecified atom stereocenters. The molecule has 0 saturated heterocycles. The van der Waals surface area contributed by atoms with Crippen molar-refractivity contribution in [2.45, 2.75) is 26.3 Å². The van der Waals surface area contributed by atoms with Gasteiger partial charge in [0.1, 0.15) is 11.6 Å². The van der Waals surface area contributed by atoms with Crippen LogP contribution in [0.15, 0.2) is 36.4 Å². The van der Waals surface area contributed by atoms with Crippen LogP contribution in [0.5, 0.6) is 0 Å². The molecule has 4 heteroatoms. The van der Waals surface area contributed by atoms with Gasteiger partial charge in [0.15, 0.2) is 0 Å². The maximum absolute atomic E-state index is 14.1. The number of benzene rings is 2. The van der Waals surface area contributed by atoms with Gasteiger partial charge in [0, 0.05) is 16.7 Å². The first-order valence-electron chi connectivity index (χ1n) is 6.98. The summed E-state index contributed by atoms with van der Waals surface area (Å²) in [6, 6.07) is 8.89. The molecular weight excluding hydrogens is 292 g/mol. The standard InChI is InChI=1S/C17H18ClF2N/c1-3-9-21-17(13-5-4-6-15(18)11(13)2)14-8-7-12(19)10-16(14)20/h4-8,10,17,21H,3,9H2,1-2H3. The summed E-state index contributed by atoms with van der Waals surface area (Å²) in [4.78, 5) is 0. The highest BCUT2D eigenvalue weighted by atomic mass is 35.5. The highest BCUT2D eigenvalue weighted by Gasteiger charge is 2.20. The number of rotatable bonds is 5. The van der Waals surface area contributed by atoms with Gasteiger partial charge in [0.25, 0.3) is 0 Å². The molecule has 112 valence electrons. The molecule has 0 saturated carbocycles. The van der Waals surface area contributed by atoms with Crippen molar-refractivity contribution in [2.75, 3.05) is 6.54 Å². The van der Waals surface area contributed by atoms with Crippen LogP contribution in [0.2, 0.25) is 5.02 Å². The van der Waals surface area contributed by atoms with Crippen molar-refractivity contribution in [2.24, 2.45) is 0 Å². The maximum Gasteiger partial charge on any atom is 0.131 e. The monoisotopic (exact) mass is 309 g/mol. The van der Waals surface area contributed by atoms with E-state index in [4.69, 9.17) is 11.6 Å². The number of halogens is 3. The van der Waals surface area contributed by atoms with Crippen molar-refractivity contribution in [1.82, 2.24) is 5.32 Å². The van der Waals surface area contributed by atoms with Gasteiger partial charge < -0.3 is 5.32 Å². The van der Waals surface area contributed by atoms with Crippen LogP contribution >= 0.6 is 11.6 Å². The molecule has 1 N–H and O–H groups in total. The Labute approximate surface area is 128 Å². The van der Waals surface area contributed by atoms with Gasteiger partial charge in [0.2, 0.25) is 0 Å². The van der Waals surface area contributed by atoms with E-state index in [1.165, 1.54) is 12.1 Å². The highest BCUT2D eigenvalue weighted by molar-refractivity contribution is 6.31. The van der Waals surface area contributed by atoms with E-state index >= 15 is 0 Å². The Bertz CT molecular complexity index is 628. The largest absolute Gasteiger partial charge is 0.306 e. The Morgan fingerprint density at radius 2 is 1.90 bits per heavy atom. The maximum atomic E-state index is 14.1. The van der Waals surface area contributed by atoms with Gasteiger partial charge in [-0.25, -0.2) is 8.78 Å². The fourth-order valence-corrected chi connectivity index (χ4v) is 2.53. The van der Waals surface area contributed by atoms with E-state index in [1.54, 1.807) is 6.07 Å². The van der Waals surface area contributed by atoms with E-state index in [0.717, 1.165) is 30.2 Å². The molecule has 0 heterocycles. The SMILES string of the molecule is CCCNC(c1ccc(F)cc1F)c1cccc(Cl)c1C. The Balaban J connectivity index is 2.49. The zero-order valence-electron chi connectivity index (χ0n) is 12.1. The highest BCUT2D eigenvalue weighted by Crippen LogP contribution is 2.30. The van der Waals surface area contributed by atoms with Gasteiger partial charge in [-0.2, -0.15) is 0 Å². The summed E-state index contributed by atoms with van der Waals surface area (Å²) in [5.74, 6) is -1.13. The zero-order valence-corrected chi connectivity index (χ0v) is 12.8. The predicted molar refractivity (Wildman–Crippen MR) is 82.7 cm³/mol. The molecule has 0 bridgehead atoms.